The van der Waals surface area contributed by atoms with Gasteiger partial charge in [-0.3, -0.25) is 0 Å². The molecule has 5 aliphatic rings. The second-order valence-electron chi connectivity index (χ2n) is 16.1. The Hall–Kier alpha value is -1.64. The minimum absolute atomic E-state index is 0.162. The Kier molecular flexibility index (Phi) is 9.68. The largest absolute Gasteiger partial charge is 0.455 e. The lowest BCUT2D eigenvalue weighted by molar-refractivity contribution is -0.341. The van der Waals surface area contributed by atoms with Crippen molar-refractivity contribution < 1.29 is 37.7 Å². The monoisotopic (exact) mass is 698 g/mol. The normalized spacial score (nSPS) is 40.2. The molecule has 1 aromatic carbocycles. The van der Waals surface area contributed by atoms with Gasteiger partial charge in [0.25, 0.3) is 0 Å². The number of carbonyl (C=O) groups is 1. The fourth-order valence-electron chi connectivity index (χ4n) is 10.3. The summed E-state index contributed by atoms with van der Waals surface area (Å²) in [7, 11) is -3.96. The van der Waals surface area contributed by atoms with Gasteiger partial charge < -0.3 is 32.9 Å². The van der Waals surface area contributed by atoms with Crippen LogP contribution in [0.5, 0.6) is 0 Å². The van der Waals surface area contributed by atoms with E-state index in [4.69, 9.17) is 27.8 Å². The van der Waals surface area contributed by atoms with E-state index in [2.05, 4.69) is 68.1 Å². The first-order chi connectivity index (χ1) is 22.7. The van der Waals surface area contributed by atoms with E-state index in [-0.39, 0.29) is 18.8 Å². The van der Waals surface area contributed by atoms with Crippen molar-refractivity contribution in [2.45, 2.75) is 147 Å². The molecular formula is C38H58O8Si2. The van der Waals surface area contributed by atoms with E-state index in [1.807, 2.05) is 18.2 Å². The van der Waals surface area contributed by atoms with Gasteiger partial charge in [-0.15, -0.1) is 0 Å². The fraction of sp³-hybridized carbons (Fsp3) is 0.711. The Morgan fingerprint density at radius 3 is 2.33 bits per heavy atom. The molecule has 2 bridgehead atoms. The third kappa shape index (κ3) is 5.31. The molecule has 8 nitrogen and oxygen atoms in total. The second kappa shape index (κ2) is 12.8. The van der Waals surface area contributed by atoms with Gasteiger partial charge in [-0.05, 0) is 80.3 Å². The highest BCUT2D eigenvalue weighted by Gasteiger charge is 2.76. The zero-order chi connectivity index (χ0) is 34.9. The van der Waals surface area contributed by atoms with Crippen molar-refractivity contribution >= 4 is 23.3 Å². The predicted octanol–water partition coefficient (Wildman–Crippen LogP) is 6.94. The van der Waals surface area contributed by atoms with Crippen LogP contribution in [0, 0.1) is 16.7 Å². The van der Waals surface area contributed by atoms with Crippen LogP contribution in [0.15, 0.2) is 54.1 Å². The van der Waals surface area contributed by atoms with Crippen molar-refractivity contribution in [1.29, 1.82) is 0 Å². The highest BCUT2D eigenvalue weighted by molar-refractivity contribution is 6.73. The van der Waals surface area contributed by atoms with Crippen LogP contribution in [0.2, 0.25) is 31.2 Å². The molecule has 2 heterocycles. The van der Waals surface area contributed by atoms with Crippen LogP contribution in [-0.4, -0.2) is 83.1 Å². The summed E-state index contributed by atoms with van der Waals surface area (Å²) in [6.07, 6.45) is 0.664. The second-order valence-corrected chi connectivity index (χ2v) is 23.1. The smallest absolute Gasteiger partial charge is 0.338 e. The Bertz CT molecular complexity index is 1400. The van der Waals surface area contributed by atoms with Crippen LogP contribution < -0.4 is 0 Å². The minimum Gasteiger partial charge on any atom is -0.455 e. The molecule has 9 unspecified atom stereocenters. The number of esters is 1. The number of hydrogen-bond acceptors (Lipinski definition) is 8. The van der Waals surface area contributed by atoms with Crippen LogP contribution in [0.1, 0.15) is 78.1 Å². The maximum atomic E-state index is 14.4. The van der Waals surface area contributed by atoms with Gasteiger partial charge in [0.2, 0.25) is 0 Å². The molecule has 10 atom stereocenters. The van der Waals surface area contributed by atoms with E-state index in [0.717, 1.165) is 29.3 Å². The molecule has 0 radical (unpaired) electrons. The van der Waals surface area contributed by atoms with Gasteiger partial charge in [0.15, 0.2) is 23.6 Å². The van der Waals surface area contributed by atoms with Crippen molar-refractivity contribution in [3.05, 3.63) is 59.7 Å². The summed E-state index contributed by atoms with van der Waals surface area (Å²) >= 11 is 0. The van der Waals surface area contributed by atoms with E-state index in [1.165, 1.54) is 0 Å². The SMILES string of the molecule is C=CC1OC2C3=C(C)C(O[Si](CC)(CC)CC)CC(O[SiH](C)C)(C(OC(=O)c4ccccc4)C4C5(O)COC5CC[C@@]4(C)C2O1)C3(C)C. The third-order valence-corrected chi connectivity index (χ3v) is 18.7. The lowest BCUT2D eigenvalue weighted by Gasteiger charge is -2.68. The summed E-state index contributed by atoms with van der Waals surface area (Å²) in [5.74, 6) is -0.990. The first kappa shape index (κ1) is 36.2. The first-order valence-electron chi connectivity index (χ1n) is 18.3. The quantitative estimate of drug-likeness (QED) is 0.160. The van der Waals surface area contributed by atoms with Crippen LogP contribution in [-0.2, 0) is 27.8 Å². The Labute approximate surface area is 290 Å². The highest BCUT2D eigenvalue weighted by Crippen LogP contribution is 2.67. The maximum absolute atomic E-state index is 14.4. The van der Waals surface area contributed by atoms with Gasteiger partial charge in [-0.2, -0.15) is 0 Å². The first-order valence-corrected chi connectivity index (χ1v) is 23.6. The van der Waals surface area contributed by atoms with Crippen LogP contribution >= 0.6 is 0 Å². The van der Waals surface area contributed by atoms with Crippen molar-refractivity contribution in [2.75, 3.05) is 6.61 Å². The zero-order valence-corrected chi connectivity index (χ0v) is 32.7. The van der Waals surface area contributed by atoms with Crippen molar-refractivity contribution in [1.82, 2.24) is 0 Å². The number of ether oxygens (including phenoxy) is 4. The zero-order valence-electron chi connectivity index (χ0n) is 30.5. The Morgan fingerprint density at radius 2 is 1.77 bits per heavy atom. The molecule has 3 aliphatic carbocycles. The average Bonchev–Trinajstić information content (AvgIpc) is 3.48. The van der Waals surface area contributed by atoms with Crippen LogP contribution in [0.4, 0.5) is 0 Å². The standard InChI is InChI=1S/C38H58O8Si2/c1-11-28-42-30-29-24(5)26(45-48(12-2,13-3)14-4)22-38(35(29,6)7,46-47(9)10)33(44-34(39)25-18-16-15-17-19-25)31-36(8,32(30)43-28)21-20-27-37(31,40)23-41-27/h11,15-19,26-28,30-33,40,47H,1,12-14,20-23H2,2-10H3/t26?,27?,28?,30?,31?,32?,33?,36-,37?,38?/m1/s1. The molecule has 0 spiro atoms. The summed E-state index contributed by atoms with van der Waals surface area (Å²) < 4.78 is 41.6. The van der Waals surface area contributed by atoms with Crippen molar-refractivity contribution in [3.63, 3.8) is 0 Å². The van der Waals surface area contributed by atoms with Crippen molar-refractivity contribution in [2.24, 2.45) is 16.7 Å². The fourth-order valence-corrected chi connectivity index (χ4v) is 14.6. The summed E-state index contributed by atoms with van der Waals surface area (Å²) in [5.41, 5.74) is -0.900. The molecule has 48 heavy (non-hydrogen) atoms. The molecule has 2 saturated carbocycles. The molecule has 0 amide bonds. The number of hydrogen-bond donors (Lipinski definition) is 1. The molecule has 266 valence electrons. The molecule has 10 heteroatoms. The van der Waals surface area contributed by atoms with Crippen molar-refractivity contribution in [3.8, 4) is 0 Å². The van der Waals surface area contributed by atoms with E-state index >= 15 is 0 Å². The lowest BCUT2D eigenvalue weighted by atomic mass is 9.45. The van der Waals surface area contributed by atoms with Gasteiger partial charge in [0.05, 0.1) is 30.5 Å². The molecule has 6 rings (SSSR count). The lowest BCUT2D eigenvalue weighted by Crippen LogP contribution is -2.79. The van der Waals surface area contributed by atoms with Gasteiger partial charge in [0.1, 0.15) is 23.4 Å². The number of aliphatic hydroxyl groups is 1. The van der Waals surface area contributed by atoms with E-state index < -0.39 is 75.9 Å². The van der Waals surface area contributed by atoms with Gasteiger partial charge in [0, 0.05) is 23.2 Å². The molecule has 2 saturated heterocycles. The molecule has 1 aromatic rings. The number of carbonyl (C=O) groups excluding carboxylic acids is 1. The molecule has 2 aliphatic heterocycles. The van der Waals surface area contributed by atoms with Crippen LogP contribution in [0.25, 0.3) is 0 Å². The molecule has 4 fully saturated rings. The Balaban J connectivity index is 1.66. The summed E-state index contributed by atoms with van der Waals surface area (Å²) in [4.78, 5) is 14.4. The summed E-state index contributed by atoms with van der Waals surface area (Å²) in [6.45, 7) is 24.2. The molecule has 1 N–H and O–H groups in total. The Morgan fingerprint density at radius 1 is 1.10 bits per heavy atom. The van der Waals surface area contributed by atoms with E-state index in [0.29, 0.717) is 24.8 Å². The molecular weight excluding hydrogens is 641 g/mol. The summed E-state index contributed by atoms with van der Waals surface area (Å²) in [6, 6.07) is 12.2. The molecule has 0 aromatic heterocycles. The van der Waals surface area contributed by atoms with Crippen LogP contribution in [0.3, 0.4) is 0 Å². The van der Waals surface area contributed by atoms with E-state index in [9.17, 15) is 9.90 Å². The van der Waals surface area contributed by atoms with Gasteiger partial charge in [-0.25, -0.2) is 4.79 Å². The number of fused-ring (bicyclic) bond motifs is 8. The summed E-state index contributed by atoms with van der Waals surface area (Å²) in [5, 5.41) is 12.8. The minimum atomic E-state index is -2.12. The van der Waals surface area contributed by atoms with Gasteiger partial charge >= 0.3 is 5.97 Å². The van der Waals surface area contributed by atoms with E-state index in [1.54, 1.807) is 18.2 Å². The topological polar surface area (TPSA) is 92.7 Å². The number of rotatable bonds is 10. The predicted molar refractivity (Wildman–Crippen MR) is 191 cm³/mol. The average molecular weight is 699 g/mol. The third-order valence-electron chi connectivity index (χ3n) is 13.1. The van der Waals surface area contributed by atoms with Gasteiger partial charge in [-0.1, -0.05) is 66.3 Å². The maximum Gasteiger partial charge on any atom is 0.338 e. The number of benzene rings is 1. The highest BCUT2D eigenvalue weighted by atomic mass is 28.4.